The Balaban J connectivity index is 2.84. The van der Waals surface area contributed by atoms with Crippen molar-refractivity contribution in [3.05, 3.63) is 21.9 Å². The zero-order valence-corrected chi connectivity index (χ0v) is 12.7. The second-order valence-corrected chi connectivity index (χ2v) is 5.26. The lowest BCUT2D eigenvalue weighted by Gasteiger charge is -2.28. The number of ether oxygens (including phenoxy) is 2. The van der Waals surface area contributed by atoms with Gasteiger partial charge in [-0.1, -0.05) is 6.92 Å². The molecule has 104 valence electrons. The third kappa shape index (κ3) is 4.35. The Labute approximate surface area is 114 Å². The van der Waals surface area contributed by atoms with Crippen molar-refractivity contribution in [2.24, 2.45) is 0 Å². The molecular weight excluding hydrogens is 246 g/mol. The van der Waals surface area contributed by atoms with Gasteiger partial charge in [-0.3, -0.25) is 0 Å². The van der Waals surface area contributed by atoms with Crippen LogP contribution in [0.2, 0.25) is 0 Å². The Bertz CT molecular complexity index is 321. The van der Waals surface area contributed by atoms with Gasteiger partial charge in [0.2, 0.25) is 0 Å². The Morgan fingerprint density at radius 1 is 1.22 bits per heavy atom. The average molecular weight is 271 g/mol. The van der Waals surface area contributed by atoms with Gasteiger partial charge in [-0.25, -0.2) is 0 Å². The summed E-state index contributed by atoms with van der Waals surface area (Å²) in [6.07, 6.45) is 0.893. The molecule has 4 heteroatoms. The van der Waals surface area contributed by atoms with Crippen LogP contribution in [0.25, 0.3) is 0 Å². The molecule has 0 aliphatic carbocycles. The Kier molecular flexibility index (Phi) is 7.51. The SMILES string of the molecule is CCCNC(c1ccsc1C)C(OCC)OCC. The molecule has 1 heterocycles. The van der Waals surface area contributed by atoms with Crippen LogP contribution in [-0.2, 0) is 9.47 Å². The van der Waals surface area contributed by atoms with E-state index in [0.717, 1.165) is 13.0 Å². The van der Waals surface area contributed by atoms with Crippen LogP contribution in [0, 0.1) is 6.92 Å². The first-order chi connectivity index (χ1) is 8.74. The van der Waals surface area contributed by atoms with Crippen LogP contribution < -0.4 is 5.32 Å². The van der Waals surface area contributed by atoms with Gasteiger partial charge >= 0.3 is 0 Å². The quantitative estimate of drug-likeness (QED) is 0.697. The molecule has 0 radical (unpaired) electrons. The molecule has 18 heavy (non-hydrogen) atoms. The maximum atomic E-state index is 5.74. The topological polar surface area (TPSA) is 30.5 Å². The predicted molar refractivity (Wildman–Crippen MR) is 77.1 cm³/mol. The summed E-state index contributed by atoms with van der Waals surface area (Å²) >= 11 is 1.77. The van der Waals surface area contributed by atoms with Crippen LogP contribution in [-0.4, -0.2) is 26.0 Å². The second-order valence-electron chi connectivity index (χ2n) is 4.14. The zero-order valence-electron chi connectivity index (χ0n) is 11.9. The molecule has 1 atom stereocenters. The fraction of sp³-hybridized carbons (Fsp3) is 0.714. The van der Waals surface area contributed by atoms with E-state index in [2.05, 4.69) is 30.6 Å². The number of hydrogen-bond donors (Lipinski definition) is 1. The van der Waals surface area contributed by atoms with Gasteiger partial charge in [0, 0.05) is 18.1 Å². The summed E-state index contributed by atoms with van der Waals surface area (Å²) in [5.41, 5.74) is 1.29. The van der Waals surface area contributed by atoms with E-state index in [4.69, 9.17) is 9.47 Å². The van der Waals surface area contributed by atoms with E-state index in [1.165, 1.54) is 10.4 Å². The largest absolute Gasteiger partial charge is 0.351 e. The molecule has 0 saturated carbocycles. The first kappa shape index (κ1) is 15.6. The van der Waals surface area contributed by atoms with E-state index in [1.54, 1.807) is 11.3 Å². The van der Waals surface area contributed by atoms with Gasteiger partial charge in [0.05, 0.1) is 6.04 Å². The van der Waals surface area contributed by atoms with Crippen molar-refractivity contribution in [3.63, 3.8) is 0 Å². The Morgan fingerprint density at radius 2 is 1.89 bits per heavy atom. The van der Waals surface area contributed by atoms with Gasteiger partial charge in [0.1, 0.15) is 0 Å². The molecule has 1 N–H and O–H groups in total. The Morgan fingerprint density at radius 3 is 2.33 bits per heavy atom. The highest BCUT2D eigenvalue weighted by Gasteiger charge is 2.25. The van der Waals surface area contributed by atoms with E-state index in [0.29, 0.717) is 13.2 Å². The van der Waals surface area contributed by atoms with Gasteiger partial charge in [-0.05, 0) is 50.7 Å². The van der Waals surface area contributed by atoms with Crippen LogP contribution in [0.15, 0.2) is 11.4 Å². The van der Waals surface area contributed by atoms with Crippen molar-refractivity contribution in [2.45, 2.75) is 46.4 Å². The lowest BCUT2D eigenvalue weighted by atomic mass is 10.1. The summed E-state index contributed by atoms with van der Waals surface area (Å²) in [6, 6.07) is 2.29. The van der Waals surface area contributed by atoms with E-state index >= 15 is 0 Å². The summed E-state index contributed by atoms with van der Waals surface area (Å²) in [5, 5.41) is 5.66. The summed E-state index contributed by atoms with van der Waals surface area (Å²) in [5.74, 6) is 0. The lowest BCUT2D eigenvalue weighted by Crippen LogP contribution is -2.36. The smallest absolute Gasteiger partial charge is 0.176 e. The molecule has 1 aromatic heterocycles. The molecule has 0 spiro atoms. The Hall–Kier alpha value is -0.420. The third-order valence-electron chi connectivity index (χ3n) is 2.78. The maximum absolute atomic E-state index is 5.74. The van der Waals surface area contributed by atoms with E-state index in [9.17, 15) is 0 Å². The molecule has 0 saturated heterocycles. The lowest BCUT2D eigenvalue weighted by molar-refractivity contribution is -0.155. The number of thiophene rings is 1. The molecule has 0 amide bonds. The van der Waals surface area contributed by atoms with E-state index in [1.807, 2.05) is 13.8 Å². The maximum Gasteiger partial charge on any atom is 0.176 e. The first-order valence-corrected chi connectivity index (χ1v) is 7.63. The van der Waals surface area contributed by atoms with Crippen LogP contribution in [0.4, 0.5) is 0 Å². The molecule has 1 rings (SSSR count). The first-order valence-electron chi connectivity index (χ1n) is 6.75. The minimum Gasteiger partial charge on any atom is -0.351 e. The minimum atomic E-state index is -0.208. The summed E-state index contributed by atoms with van der Waals surface area (Å²) in [6.45, 7) is 10.6. The van der Waals surface area contributed by atoms with Crippen molar-refractivity contribution in [2.75, 3.05) is 19.8 Å². The fourth-order valence-electron chi connectivity index (χ4n) is 1.94. The van der Waals surface area contributed by atoms with Gasteiger partial charge in [0.15, 0.2) is 6.29 Å². The van der Waals surface area contributed by atoms with Crippen molar-refractivity contribution >= 4 is 11.3 Å². The number of hydrogen-bond acceptors (Lipinski definition) is 4. The van der Waals surface area contributed by atoms with Crippen LogP contribution in [0.5, 0.6) is 0 Å². The normalized spacial score (nSPS) is 13.2. The molecule has 1 aromatic rings. The van der Waals surface area contributed by atoms with Gasteiger partial charge in [0.25, 0.3) is 0 Å². The van der Waals surface area contributed by atoms with Crippen molar-refractivity contribution < 1.29 is 9.47 Å². The zero-order chi connectivity index (χ0) is 13.4. The number of aryl methyl sites for hydroxylation is 1. The fourth-order valence-corrected chi connectivity index (χ4v) is 2.69. The van der Waals surface area contributed by atoms with Crippen molar-refractivity contribution in [1.29, 1.82) is 0 Å². The molecular formula is C14H25NO2S. The molecule has 1 unspecified atom stereocenters. The molecule has 0 aliphatic heterocycles. The molecule has 3 nitrogen and oxygen atoms in total. The monoisotopic (exact) mass is 271 g/mol. The van der Waals surface area contributed by atoms with Crippen LogP contribution >= 0.6 is 11.3 Å². The molecule has 0 aliphatic rings. The third-order valence-corrected chi connectivity index (χ3v) is 3.64. The number of nitrogens with one attached hydrogen (secondary N) is 1. The standard InChI is InChI=1S/C14H25NO2S/c1-5-9-15-13(12-8-10-18-11(12)4)14(16-6-2)17-7-3/h8,10,13-15H,5-7,9H2,1-4H3. The summed E-state index contributed by atoms with van der Waals surface area (Å²) in [7, 11) is 0. The highest BCUT2D eigenvalue weighted by molar-refractivity contribution is 7.10. The van der Waals surface area contributed by atoms with E-state index in [-0.39, 0.29) is 12.3 Å². The van der Waals surface area contributed by atoms with E-state index < -0.39 is 0 Å². The molecule has 0 bridgehead atoms. The van der Waals surface area contributed by atoms with Gasteiger partial charge in [-0.15, -0.1) is 11.3 Å². The van der Waals surface area contributed by atoms with Crippen molar-refractivity contribution in [1.82, 2.24) is 5.32 Å². The van der Waals surface area contributed by atoms with Crippen LogP contribution in [0.1, 0.15) is 43.7 Å². The average Bonchev–Trinajstić information content (AvgIpc) is 2.77. The van der Waals surface area contributed by atoms with Crippen LogP contribution in [0.3, 0.4) is 0 Å². The highest BCUT2D eigenvalue weighted by atomic mass is 32.1. The highest BCUT2D eigenvalue weighted by Crippen LogP contribution is 2.27. The summed E-state index contributed by atoms with van der Waals surface area (Å²) < 4.78 is 11.5. The summed E-state index contributed by atoms with van der Waals surface area (Å²) in [4.78, 5) is 1.33. The van der Waals surface area contributed by atoms with Gasteiger partial charge < -0.3 is 14.8 Å². The second kappa shape index (κ2) is 8.64. The predicted octanol–water partition coefficient (Wildman–Crippen LogP) is 3.50. The van der Waals surface area contributed by atoms with Crippen molar-refractivity contribution in [3.8, 4) is 0 Å². The molecule has 0 fully saturated rings. The number of rotatable bonds is 9. The van der Waals surface area contributed by atoms with Gasteiger partial charge in [-0.2, -0.15) is 0 Å². The molecule has 0 aromatic carbocycles. The minimum absolute atomic E-state index is 0.121.